The van der Waals surface area contributed by atoms with Crippen LogP contribution in [0, 0.1) is 0 Å². The third-order valence-electron chi connectivity index (χ3n) is 5.03. The van der Waals surface area contributed by atoms with E-state index in [1.54, 1.807) is 44.3 Å². The summed E-state index contributed by atoms with van der Waals surface area (Å²) in [7, 11) is 1.67. The summed E-state index contributed by atoms with van der Waals surface area (Å²) in [6.45, 7) is 1.71. The molecular formula is C21H24N4O3. The largest absolute Gasteiger partial charge is 0.368 e. The summed E-state index contributed by atoms with van der Waals surface area (Å²) in [5, 5.41) is 5.67. The van der Waals surface area contributed by atoms with Gasteiger partial charge in [-0.1, -0.05) is 48.5 Å². The van der Waals surface area contributed by atoms with Crippen LogP contribution in [-0.4, -0.2) is 36.9 Å². The van der Waals surface area contributed by atoms with Gasteiger partial charge in [-0.15, -0.1) is 0 Å². The third-order valence-corrected chi connectivity index (χ3v) is 5.03. The summed E-state index contributed by atoms with van der Waals surface area (Å²) < 4.78 is 0. The minimum atomic E-state index is -0.933. The first kappa shape index (κ1) is 19.6. The van der Waals surface area contributed by atoms with Gasteiger partial charge in [-0.05, 0) is 31.2 Å². The maximum absolute atomic E-state index is 13.6. The molecule has 4 N–H and O–H groups in total. The van der Waals surface area contributed by atoms with E-state index in [1.165, 1.54) is 4.90 Å². The lowest BCUT2D eigenvalue weighted by Crippen LogP contribution is -2.52. The fraction of sp³-hybridized carbons (Fsp3) is 0.286. The number of fused-ring (bicyclic) bond motifs is 1. The quantitative estimate of drug-likeness (QED) is 0.692. The topological polar surface area (TPSA) is 105 Å². The van der Waals surface area contributed by atoms with Crippen molar-refractivity contribution in [1.29, 1.82) is 0 Å². The number of nitrogens with zero attached hydrogens (tertiary/aromatic N) is 1. The van der Waals surface area contributed by atoms with Gasteiger partial charge in [0.25, 0.3) is 5.91 Å². The molecule has 2 unspecified atom stereocenters. The van der Waals surface area contributed by atoms with E-state index in [2.05, 4.69) is 10.6 Å². The van der Waals surface area contributed by atoms with Crippen molar-refractivity contribution in [3.8, 4) is 0 Å². The number of nitrogens with two attached hydrogens (primary N) is 1. The van der Waals surface area contributed by atoms with Crippen molar-refractivity contribution in [2.45, 2.75) is 31.5 Å². The van der Waals surface area contributed by atoms with E-state index >= 15 is 0 Å². The second kappa shape index (κ2) is 8.22. The fourth-order valence-corrected chi connectivity index (χ4v) is 3.36. The Morgan fingerprint density at radius 3 is 2.36 bits per heavy atom. The SMILES string of the molecule is CN[C@@H](C)C(=O)NC(C(=O)N1c2ccccc2CC1C(N)=O)c1ccccc1. The zero-order chi connectivity index (χ0) is 20.3. The van der Waals surface area contributed by atoms with Crippen LogP contribution in [0.3, 0.4) is 0 Å². The first-order chi connectivity index (χ1) is 13.4. The van der Waals surface area contributed by atoms with Gasteiger partial charge < -0.3 is 16.4 Å². The van der Waals surface area contributed by atoms with E-state index in [1.807, 2.05) is 24.3 Å². The monoisotopic (exact) mass is 380 g/mol. The van der Waals surface area contributed by atoms with Crippen LogP contribution in [0.4, 0.5) is 5.69 Å². The smallest absolute Gasteiger partial charge is 0.254 e. The maximum Gasteiger partial charge on any atom is 0.254 e. The molecule has 1 aliphatic rings. The first-order valence-electron chi connectivity index (χ1n) is 9.17. The molecule has 7 heteroatoms. The molecule has 146 valence electrons. The van der Waals surface area contributed by atoms with Gasteiger partial charge >= 0.3 is 0 Å². The standard InChI is InChI=1S/C21H24N4O3/c1-13(23-2)20(27)24-18(14-8-4-3-5-9-14)21(28)25-16-11-7-6-10-15(16)12-17(25)19(22)26/h3-11,13,17-18,23H,12H2,1-2H3,(H2,22,26)(H,24,27)/t13-,17?,18?/m0/s1. The van der Waals surface area contributed by atoms with E-state index in [4.69, 9.17) is 5.73 Å². The molecule has 0 aliphatic carbocycles. The molecule has 3 rings (SSSR count). The predicted octanol–water partition coefficient (Wildman–Crippen LogP) is 0.895. The second-order valence-electron chi connectivity index (χ2n) is 6.82. The lowest BCUT2D eigenvalue weighted by atomic mass is 10.0. The van der Waals surface area contributed by atoms with Crippen LogP contribution >= 0.6 is 0 Å². The van der Waals surface area contributed by atoms with Crippen LogP contribution < -0.4 is 21.3 Å². The van der Waals surface area contributed by atoms with Gasteiger partial charge in [-0.2, -0.15) is 0 Å². The molecule has 28 heavy (non-hydrogen) atoms. The Hall–Kier alpha value is -3.19. The van der Waals surface area contributed by atoms with Gasteiger partial charge in [0, 0.05) is 12.1 Å². The van der Waals surface area contributed by atoms with Crippen molar-refractivity contribution in [3.63, 3.8) is 0 Å². The highest BCUT2D eigenvalue weighted by molar-refractivity contribution is 6.06. The number of rotatable bonds is 6. The molecule has 0 saturated heterocycles. The number of benzene rings is 2. The lowest BCUT2D eigenvalue weighted by molar-refractivity contribution is -0.129. The van der Waals surface area contributed by atoms with Crippen LogP contribution in [0.5, 0.6) is 0 Å². The van der Waals surface area contributed by atoms with Crippen molar-refractivity contribution in [3.05, 3.63) is 65.7 Å². The third kappa shape index (κ3) is 3.75. The highest BCUT2D eigenvalue weighted by Crippen LogP contribution is 2.34. The van der Waals surface area contributed by atoms with E-state index < -0.39 is 29.9 Å². The summed E-state index contributed by atoms with van der Waals surface area (Å²) in [6, 6.07) is 14.1. The summed E-state index contributed by atoms with van der Waals surface area (Å²) in [6.07, 6.45) is 0.361. The number of primary amides is 1. The summed E-state index contributed by atoms with van der Waals surface area (Å²) in [5.41, 5.74) is 7.74. The van der Waals surface area contributed by atoms with Gasteiger partial charge in [-0.25, -0.2) is 0 Å². The Balaban J connectivity index is 2.00. The minimum absolute atomic E-state index is 0.312. The molecule has 0 radical (unpaired) electrons. The number of para-hydroxylation sites is 1. The first-order valence-corrected chi connectivity index (χ1v) is 9.17. The molecule has 7 nitrogen and oxygen atoms in total. The van der Waals surface area contributed by atoms with Crippen molar-refractivity contribution in [2.75, 3.05) is 11.9 Å². The number of hydrogen-bond acceptors (Lipinski definition) is 4. The summed E-state index contributed by atoms with van der Waals surface area (Å²) >= 11 is 0. The van der Waals surface area contributed by atoms with Crippen LogP contribution in [-0.2, 0) is 20.8 Å². The van der Waals surface area contributed by atoms with E-state index in [0.717, 1.165) is 5.56 Å². The van der Waals surface area contributed by atoms with Crippen LogP contribution in [0.2, 0.25) is 0 Å². The van der Waals surface area contributed by atoms with Gasteiger partial charge in [0.05, 0.1) is 6.04 Å². The number of nitrogens with one attached hydrogen (secondary N) is 2. The molecule has 1 aliphatic heterocycles. The second-order valence-corrected chi connectivity index (χ2v) is 6.82. The lowest BCUT2D eigenvalue weighted by Gasteiger charge is -2.29. The molecule has 0 fully saturated rings. The average molecular weight is 380 g/mol. The molecule has 3 amide bonds. The van der Waals surface area contributed by atoms with Gasteiger partial charge in [0.2, 0.25) is 11.8 Å². The average Bonchev–Trinajstić information content (AvgIpc) is 3.11. The predicted molar refractivity (Wildman–Crippen MR) is 106 cm³/mol. The normalized spacial score (nSPS) is 17.5. The van der Waals surface area contributed by atoms with Crippen molar-refractivity contribution in [2.24, 2.45) is 5.73 Å². The molecular weight excluding hydrogens is 356 g/mol. The van der Waals surface area contributed by atoms with Crippen molar-refractivity contribution >= 4 is 23.4 Å². The maximum atomic E-state index is 13.6. The van der Waals surface area contributed by atoms with Crippen LogP contribution in [0.1, 0.15) is 24.1 Å². The Morgan fingerprint density at radius 2 is 1.71 bits per heavy atom. The number of likely N-dealkylation sites (N-methyl/N-ethyl adjacent to an activating group) is 1. The zero-order valence-corrected chi connectivity index (χ0v) is 15.9. The number of carbonyl (C=O) groups is 3. The molecule has 2 aromatic rings. The van der Waals surface area contributed by atoms with Crippen molar-refractivity contribution in [1.82, 2.24) is 10.6 Å². The summed E-state index contributed by atoms with van der Waals surface area (Å²) in [4.78, 5) is 39.5. The minimum Gasteiger partial charge on any atom is -0.368 e. The Bertz CT molecular complexity index is 884. The number of anilines is 1. The van der Waals surface area contributed by atoms with Gasteiger partial charge in [0.15, 0.2) is 0 Å². The number of hydrogen-bond donors (Lipinski definition) is 3. The number of carbonyl (C=O) groups excluding carboxylic acids is 3. The number of amides is 3. The fourth-order valence-electron chi connectivity index (χ4n) is 3.36. The van der Waals surface area contributed by atoms with Gasteiger partial charge in [0.1, 0.15) is 12.1 Å². The van der Waals surface area contributed by atoms with Gasteiger partial charge in [-0.3, -0.25) is 19.3 Å². The van der Waals surface area contributed by atoms with E-state index in [9.17, 15) is 14.4 Å². The Morgan fingerprint density at radius 1 is 1.07 bits per heavy atom. The molecule has 2 aromatic carbocycles. The zero-order valence-electron chi connectivity index (χ0n) is 15.9. The molecule has 0 aromatic heterocycles. The Kier molecular flexibility index (Phi) is 5.75. The highest BCUT2D eigenvalue weighted by Gasteiger charge is 2.40. The molecule has 1 heterocycles. The van der Waals surface area contributed by atoms with E-state index in [-0.39, 0.29) is 5.91 Å². The molecule has 0 spiro atoms. The van der Waals surface area contributed by atoms with Crippen LogP contribution in [0.25, 0.3) is 0 Å². The van der Waals surface area contributed by atoms with Crippen molar-refractivity contribution < 1.29 is 14.4 Å². The molecule has 0 saturated carbocycles. The molecule has 0 bridgehead atoms. The Labute approximate surface area is 163 Å². The van der Waals surface area contributed by atoms with E-state index in [0.29, 0.717) is 17.7 Å². The molecule has 3 atom stereocenters. The highest BCUT2D eigenvalue weighted by atomic mass is 16.2. The summed E-state index contributed by atoms with van der Waals surface area (Å²) in [5.74, 6) is -1.28. The van der Waals surface area contributed by atoms with Crippen LogP contribution in [0.15, 0.2) is 54.6 Å².